The van der Waals surface area contributed by atoms with Crippen LogP contribution in [0.3, 0.4) is 0 Å². The molecule has 0 saturated carbocycles. The van der Waals surface area contributed by atoms with Gasteiger partial charge in [-0.25, -0.2) is 4.79 Å². The highest BCUT2D eigenvalue weighted by atomic mass is 16.5. The van der Waals surface area contributed by atoms with Gasteiger partial charge in [0, 0.05) is 38.4 Å². The monoisotopic (exact) mass is 466 g/mol. The molecule has 34 heavy (non-hydrogen) atoms. The lowest BCUT2D eigenvalue weighted by atomic mass is 9.98. The van der Waals surface area contributed by atoms with Gasteiger partial charge in [-0.1, -0.05) is 55.5 Å². The summed E-state index contributed by atoms with van der Waals surface area (Å²) in [4.78, 5) is 37.1. The first-order chi connectivity index (χ1) is 16.4. The maximum Gasteiger partial charge on any atom is 0.407 e. The normalized spacial score (nSPS) is 13.0. The van der Waals surface area contributed by atoms with Crippen LogP contribution >= 0.6 is 0 Å². The number of carboxylic acids is 1. The van der Waals surface area contributed by atoms with Crippen molar-refractivity contribution >= 4 is 18.0 Å². The number of carbonyl (C=O) groups excluding carboxylic acids is 2. The van der Waals surface area contributed by atoms with Crippen molar-refractivity contribution in [1.29, 1.82) is 0 Å². The van der Waals surface area contributed by atoms with E-state index in [0.717, 1.165) is 0 Å². The summed E-state index contributed by atoms with van der Waals surface area (Å²) in [6.45, 7) is 5.58. The van der Waals surface area contributed by atoms with Gasteiger partial charge in [-0.2, -0.15) is 0 Å². The first kappa shape index (κ1) is 25.3. The van der Waals surface area contributed by atoms with Crippen molar-refractivity contribution in [3.8, 4) is 11.1 Å². The van der Waals surface area contributed by atoms with Crippen LogP contribution in [0.15, 0.2) is 48.5 Å². The minimum atomic E-state index is -0.851. The summed E-state index contributed by atoms with van der Waals surface area (Å²) >= 11 is 0. The third kappa shape index (κ3) is 6.59. The standard InChI is InChI=1S/C27H34N2O5/c1-3-29(16-8-13-26(31)32)25(30)15-14-19(2)17-28-27(33)34-18-24-22-11-6-4-9-20(22)21-10-5-7-12-23(21)24/h4-7,9-12,19,24H,3,8,13-18H2,1-2H3,(H,28,33)(H,31,32). The number of hydrogen-bond donors (Lipinski definition) is 2. The van der Waals surface area contributed by atoms with E-state index < -0.39 is 12.1 Å². The Kier molecular flexibility index (Phi) is 9.08. The highest BCUT2D eigenvalue weighted by molar-refractivity contribution is 5.79. The van der Waals surface area contributed by atoms with E-state index in [0.29, 0.717) is 38.9 Å². The van der Waals surface area contributed by atoms with Gasteiger partial charge in [-0.15, -0.1) is 0 Å². The second kappa shape index (κ2) is 12.2. The Hall–Kier alpha value is -3.35. The molecule has 1 aliphatic rings. The Morgan fingerprint density at radius 1 is 1.03 bits per heavy atom. The molecule has 1 atom stereocenters. The first-order valence-electron chi connectivity index (χ1n) is 12.0. The van der Waals surface area contributed by atoms with E-state index in [1.165, 1.54) is 22.3 Å². The van der Waals surface area contributed by atoms with Gasteiger partial charge >= 0.3 is 12.1 Å². The topological polar surface area (TPSA) is 95.9 Å². The zero-order valence-electron chi connectivity index (χ0n) is 20.0. The zero-order valence-corrected chi connectivity index (χ0v) is 20.0. The number of carbonyl (C=O) groups is 3. The van der Waals surface area contributed by atoms with Crippen LogP contribution in [-0.2, 0) is 14.3 Å². The van der Waals surface area contributed by atoms with Crippen LogP contribution in [0.4, 0.5) is 4.79 Å². The molecule has 0 heterocycles. The summed E-state index contributed by atoms with van der Waals surface area (Å²) in [5.74, 6) is -0.700. The van der Waals surface area contributed by atoms with Crippen molar-refractivity contribution in [2.45, 2.75) is 45.4 Å². The molecule has 0 radical (unpaired) electrons. The summed E-state index contributed by atoms with van der Waals surface area (Å²) in [5, 5.41) is 11.6. The van der Waals surface area contributed by atoms with Crippen molar-refractivity contribution in [2.75, 3.05) is 26.2 Å². The SMILES string of the molecule is CCN(CCCC(=O)O)C(=O)CCC(C)CNC(=O)OCC1c2ccccc2-c2ccccc21. The molecule has 7 heteroatoms. The fraction of sp³-hybridized carbons (Fsp3) is 0.444. The third-order valence-electron chi connectivity index (χ3n) is 6.34. The molecule has 0 saturated heterocycles. The van der Waals surface area contributed by atoms with Gasteiger partial charge in [0.2, 0.25) is 5.91 Å². The molecule has 2 aromatic carbocycles. The van der Waals surface area contributed by atoms with Gasteiger partial charge in [0.1, 0.15) is 6.61 Å². The maximum absolute atomic E-state index is 12.4. The van der Waals surface area contributed by atoms with Crippen LogP contribution in [0.25, 0.3) is 11.1 Å². The average Bonchev–Trinajstić information content (AvgIpc) is 3.16. The number of hydrogen-bond acceptors (Lipinski definition) is 4. The third-order valence-corrected chi connectivity index (χ3v) is 6.34. The molecule has 0 fully saturated rings. The molecule has 2 aromatic rings. The summed E-state index contributed by atoms with van der Waals surface area (Å²) < 4.78 is 5.56. The number of nitrogens with one attached hydrogen (secondary N) is 1. The van der Waals surface area contributed by atoms with Crippen LogP contribution in [0.2, 0.25) is 0 Å². The predicted molar refractivity (Wildman–Crippen MR) is 131 cm³/mol. The molecule has 7 nitrogen and oxygen atoms in total. The number of aliphatic carboxylic acids is 1. The lowest BCUT2D eigenvalue weighted by Crippen LogP contribution is -2.33. The second-order valence-electron chi connectivity index (χ2n) is 8.82. The second-order valence-corrected chi connectivity index (χ2v) is 8.82. The highest BCUT2D eigenvalue weighted by Crippen LogP contribution is 2.44. The fourth-order valence-corrected chi connectivity index (χ4v) is 4.42. The molecule has 1 aliphatic carbocycles. The maximum atomic E-state index is 12.4. The van der Waals surface area contributed by atoms with Gasteiger partial charge in [0.05, 0.1) is 0 Å². The lowest BCUT2D eigenvalue weighted by molar-refractivity contribution is -0.138. The van der Waals surface area contributed by atoms with E-state index in [1.807, 2.05) is 38.1 Å². The van der Waals surface area contributed by atoms with Gasteiger partial charge in [-0.05, 0) is 47.9 Å². The number of fused-ring (bicyclic) bond motifs is 3. The Labute approximate surface area is 201 Å². The quantitative estimate of drug-likeness (QED) is 0.475. The Bertz CT molecular complexity index is 961. The first-order valence-corrected chi connectivity index (χ1v) is 12.0. The predicted octanol–water partition coefficient (Wildman–Crippen LogP) is 4.65. The molecule has 2 N–H and O–H groups in total. The zero-order chi connectivity index (χ0) is 24.5. The Morgan fingerprint density at radius 3 is 2.24 bits per heavy atom. The van der Waals surface area contributed by atoms with Gasteiger partial charge in [0.15, 0.2) is 0 Å². The molecule has 3 rings (SSSR count). The molecule has 0 bridgehead atoms. The van der Waals surface area contributed by atoms with E-state index in [9.17, 15) is 14.4 Å². The van der Waals surface area contributed by atoms with Crippen LogP contribution in [-0.4, -0.2) is 54.2 Å². The molecule has 0 aliphatic heterocycles. The Balaban J connectivity index is 1.41. The fourth-order valence-electron chi connectivity index (χ4n) is 4.42. The smallest absolute Gasteiger partial charge is 0.407 e. The number of amides is 2. The summed E-state index contributed by atoms with van der Waals surface area (Å²) in [5.41, 5.74) is 4.73. The minimum Gasteiger partial charge on any atom is -0.481 e. The summed E-state index contributed by atoms with van der Waals surface area (Å²) in [7, 11) is 0. The van der Waals surface area contributed by atoms with Gasteiger partial charge < -0.3 is 20.1 Å². The van der Waals surface area contributed by atoms with Crippen molar-refractivity contribution in [3.05, 3.63) is 59.7 Å². The van der Waals surface area contributed by atoms with E-state index >= 15 is 0 Å². The minimum absolute atomic E-state index is 0.0147. The van der Waals surface area contributed by atoms with Crippen molar-refractivity contribution in [3.63, 3.8) is 0 Å². The highest BCUT2D eigenvalue weighted by Gasteiger charge is 2.29. The molecular formula is C27H34N2O5. The van der Waals surface area contributed by atoms with E-state index in [1.54, 1.807) is 4.90 Å². The molecule has 1 unspecified atom stereocenters. The van der Waals surface area contributed by atoms with E-state index in [2.05, 4.69) is 29.6 Å². The summed E-state index contributed by atoms with van der Waals surface area (Å²) in [6.07, 6.45) is 1.06. The molecule has 2 amide bonds. The number of rotatable bonds is 12. The van der Waals surface area contributed by atoms with Gasteiger partial charge in [-0.3, -0.25) is 9.59 Å². The summed E-state index contributed by atoms with van der Waals surface area (Å²) in [6, 6.07) is 16.4. The average molecular weight is 467 g/mol. The number of benzene rings is 2. The van der Waals surface area contributed by atoms with E-state index in [-0.39, 0.29) is 30.8 Å². The van der Waals surface area contributed by atoms with Crippen molar-refractivity contribution in [2.24, 2.45) is 5.92 Å². The molecular weight excluding hydrogens is 432 g/mol. The molecule has 182 valence electrons. The number of nitrogens with zero attached hydrogens (tertiary/aromatic N) is 1. The molecule has 0 aromatic heterocycles. The van der Waals surface area contributed by atoms with Crippen LogP contribution < -0.4 is 5.32 Å². The number of alkyl carbamates (subject to hydrolysis) is 1. The number of ether oxygens (including phenoxy) is 1. The lowest BCUT2D eigenvalue weighted by Gasteiger charge is -2.21. The largest absolute Gasteiger partial charge is 0.481 e. The van der Waals surface area contributed by atoms with Gasteiger partial charge in [0.25, 0.3) is 0 Å². The van der Waals surface area contributed by atoms with Crippen molar-refractivity contribution in [1.82, 2.24) is 10.2 Å². The van der Waals surface area contributed by atoms with Crippen molar-refractivity contribution < 1.29 is 24.2 Å². The van der Waals surface area contributed by atoms with Crippen LogP contribution in [0.1, 0.15) is 56.6 Å². The van der Waals surface area contributed by atoms with Crippen LogP contribution in [0, 0.1) is 5.92 Å². The molecule has 0 spiro atoms. The number of carboxylic acid groups (broad SMARTS) is 1. The Morgan fingerprint density at radius 2 is 1.65 bits per heavy atom. The van der Waals surface area contributed by atoms with E-state index in [4.69, 9.17) is 9.84 Å². The van der Waals surface area contributed by atoms with Crippen LogP contribution in [0.5, 0.6) is 0 Å².